The largest absolute Gasteiger partial charge is 0.458 e. The number of hydrogen-bond donors (Lipinski definition) is 0. The van der Waals surface area contributed by atoms with Gasteiger partial charge in [0.25, 0.3) is 6.33 Å². The lowest BCUT2D eigenvalue weighted by Gasteiger charge is -2.26. The number of rotatable bonds is 5. The Labute approximate surface area is 337 Å². The Morgan fingerprint density at radius 3 is 1.82 bits per heavy atom. The summed E-state index contributed by atoms with van der Waals surface area (Å²) in [6.45, 7) is 26.9. The molecule has 4 aromatic carbocycles. The lowest BCUT2D eigenvalue weighted by atomic mass is 9.80. The average molecular weight is 754 g/mol. The van der Waals surface area contributed by atoms with Crippen LogP contribution in [-0.2, 0) is 21.7 Å². The highest BCUT2D eigenvalue weighted by Gasteiger charge is 2.25. The van der Waals surface area contributed by atoms with E-state index in [-0.39, 0.29) is 21.7 Å². The van der Waals surface area contributed by atoms with E-state index in [2.05, 4.69) is 206 Å². The summed E-state index contributed by atoms with van der Waals surface area (Å²) in [6, 6.07) is 38.8. The molecule has 0 aliphatic heterocycles. The van der Waals surface area contributed by atoms with Gasteiger partial charge in [-0.2, -0.15) is 0 Å². The third-order valence-electron chi connectivity index (χ3n) is 11.0. The first kappa shape index (κ1) is 38.1. The van der Waals surface area contributed by atoms with Gasteiger partial charge in [0.1, 0.15) is 17.3 Å². The Hall–Kier alpha value is -5.75. The number of ether oxygens (including phenoxy) is 1. The minimum atomic E-state index is -0.240. The second kappa shape index (κ2) is 13.4. The topological polar surface area (TPSA) is 48.8 Å². The maximum Gasteiger partial charge on any atom is 0.271 e. The van der Waals surface area contributed by atoms with Gasteiger partial charge in [0.15, 0.2) is 5.82 Å². The molecule has 0 aliphatic rings. The zero-order valence-electron chi connectivity index (χ0n) is 35.6. The van der Waals surface area contributed by atoms with Crippen LogP contribution >= 0.6 is 0 Å². The molecule has 0 spiro atoms. The standard InChI is InChI=1S/C51H55N5O/c1-48(2,3)33-23-24-52-46(28-33)56-41-18-14-13-17-39(41)40-22-21-37(29-44(40)56)57-38-30-45(51(10,11)12)53-47(31-38)55-32-54(42-19-15-16-20-43(42)55)36-26-34(49(4,5)6)25-35(27-36)50(7,8)9/h13-31H,1-12H3. The second-order valence-corrected chi connectivity index (χ2v) is 19.6. The van der Waals surface area contributed by atoms with Crippen LogP contribution in [0, 0.1) is 6.33 Å². The van der Waals surface area contributed by atoms with E-state index in [9.17, 15) is 0 Å². The van der Waals surface area contributed by atoms with Gasteiger partial charge in [0.05, 0.1) is 27.8 Å². The number of nitrogens with zero attached hydrogens (tertiary/aromatic N) is 5. The number of hydrogen-bond acceptors (Lipinski definition) is 3. The molecule has 0 N–H and O–H groups in total. The van der Waals surface area contributed by atoms with Gasteiger partial charge in [-0.1, -0.05) is 132 Å². The van der Waals surface area contributed by atoms with E-state index in [1.165, 1.54) is 22.1 Å². The molecule has 8 rings (SSSR count). The zero-order chi connectivity index (χ0) is 40.7. The third kappa shape index (κ3) is 7.22. The van der Waals surface area contributed by atoms with E-state index >= 15 is 0 Å². The van der Waals surface area contributed by atoms with Crippen LogP contribution in [0.1, 0.15) is 105 Å². The first-order valence-electron chi connectivity index (χ1n) is 20.1. The molecule has 0 amide bonds. The van der Waals surface area contributed by atoms with Crippen molar-refractivity contribution in [3.63, 3.8) is 0 Å². The van der Waals surface area contributed by atoms with Crippen LogP contribution in [-0.4, -0.2) is 19.1 Å². The highest BCUT2D eigenvalue weighted by atomic mass is 16.5. The summed E-state index contributed by atoms with van der Waals surface area (Å²) in [5.74, 6) is 3.08. The van der Waals surface area contributed by atoms with E-state index in [4.69, 9.17) is 14.7 Å². The molecule has 0 radical (unpaired) electrons. The second-order valence-electron chi connectivity index (χ2n) is 19.6. The van der Waals surface area contributed by atoms with Gasteiger partial charge in [0.2, 0.25) is 0 Å². The fourth-order valence-corrected chi connectivity index (χ4v) is 7.48. The number of para-hydroxylation sites is 3. The highest BCUT2D eigenvalue weighted by Crippen LogP contribution is 2.37. The van der Waals surface area contributed by atoms with E-state index in [1.54, 1.807) is 0 Å². The molecule has 4 heterocycles. The first-order chi connectivity index (χ1) is 26.8. The van der Waals surface area contributed by atoms with Crippen LogP contribution < -0.4 is 9.30 Å². The van der Waals surface area contributed by atoms with E-state index in [0.29, 0.717) is 5.75 Å². The molecule has 0 bridgehead atoms. The van der Waals surface area contributed by atoms with E-state index in [1.807, 2.05) is 12.3 Å². The van der Waals surface area contributed by atoms with Crippen LogP contribution in [0.5, 0.6) is 11.5 Å². The molecule has 0 saturated carbocycles. The van der Waals surface area contributed by atoms with Crippen molar-refractivity contribution in [3.8, 4) is 28.8 Å². The average Bonchev–Trinajstić information content (AvgIpc) is 3.69. The van der Waals surface area contributed by atoms with Gasteiger partial charge >= 0.3 is 0 Å². The Morgan fingerprint density at radius 1 is 0.526 bits per heavy atom. The molecule has 0 aliphatic carbocycles. The Morgan fingerprint density at radius 2 is 1.16 bits per heavy atom. The Kier molecular flexibility index (Phi) is 8.99. The molecule has 6 heteroatoms. The fourth-order valence-electron chi connectivity index (χ4n) is 7.48. The van der Waals surface area contributed by atoms with Gasteiger partial charge in [-0.3, -0.25) is 18.7 Å². The lowest BCUT2D eigenvalue weighted by Crippen LogP contribution is -2.31. The normalized spacial score (nSPS) is 12.9. The summed E-state index contributed by atoms with van der Waals surface area (Å²) in [7, 11) is 0. The number of pyridine rings is 2. The molecule has 290 valence electrons. The molecule has 4 aromatic heterocycles. The van der Waals surface area contributed by atoms with Crippen molar-refractivity contribution in [2.45, 2.75) is 105 Å². The zero-order valence-corrected chi connectivity index (χ0v) is 35.6. The summed E-state index contributed by atoms with van der Waals surface area (Å²) < 4.78 is 13.4. The number of fused-ring (bicyclic) bond motifs is 4. The van der Waals surface area contributed by atoms with Crippen LogP contribution in [0.25, 0.3) is 50.2 Å². The molecule has 0 saturated heterocycles. The maximum atomic E-state index is 6.85. The monoisotopic (exact) mass is 753 g/mol. The van der Waals surface area contributed by atoms with Crippen molar-refractivity contribution in [1.82, 2.24) is 19.1 Å². The predicted octanol–water partition coefficient (Wildman–Crippen LogP) is 12.6. The molecule has 0 atom stereocenters. The molecule has 8 aromatic rings. The van der Waals surface area contributed by atoms with Gasteiger partial charge in [-0.15, -0.1) is 0 Å². The SMILES string of the molecule is CC(C)(C)c1cc(-[n+]2[c-]n(-c3cc(Oc4ccc5c6ccccc6n(-c6cc(C(C)(C)C)ccn6)c5c4)cc(C(C)(C)C)n3)c3ccccc32)cc(C(C)(C)C)c1. The van der Waals surface area contributed by atoms with Gasteiger partial charge in [-0.05, 0) is 75.4 Å². The van der Waals surface area contributed by atoms with Crippen molar-refractivity contribution in [3.05, 3.63) is 144 Å². The summed E-state index contributed by atoms with van der Waals surface area (Å²) in [5.41, 5.74) is 9.74. The summed E-state index contributed by atoms with van der Waals surface area (Å²) in [5, 5.41) is 2.32. The highest BCUT2D eigenvalue weighted by molar-refractivity contribution is 6.09. The maximum absolute atomic E-state index is 6.85. The van der Waals surface area contributed by atoms with Crippen LogP contribution in [0.3, 0.4) is 0 Å². The van der Waals surface area contributed by atoms with Gasteiger partial charge in [0, 0.05) is 46.3 Å². The Balaban J connectivity index is 1.28. The van der Waals surface area contributed by atoms with Crippen molar-refractivity contribution in [2.24, 2.45) is 0 Å². The first-order valence-corrected chi connectivity index (χ1v) is 20.1. The quantitative estimate of drug-likeness (QED) is 0.130. The molecule has 0 unspecified atom stereocenters. The smallest absolute Gasteiger partial charge is 0.271 e. The molecular formula is C51H55N5O. The van der Waals surface area contributed by atoms with Gasteiger partial charge in [-0.25, -0.2) is 4.98 Å². The number of imidazole rings is 1. The minimum Gasteiger partial charge on any atom is -0.458 e. The molecule has 6 nitrogen and oxygen atoms in total. The van der Waals surface area contributed by atoms with Crippen LogP contribution in [0.15, 0.2) is 115 Å². The van der Waals surface area contributed by atoms with Crippen molar-refractivity contribution in [2.75, 3.05) is 0 Å². The number of benzene rings is 4. The lowest BCUT2D eigenvalue weighted by molar-refractivity contribution is -0.572. The fraction of sp³-hybridized carbons (Fsp3) is 0.314. The summed E-state index contributed by atoms with van der Waals surface area (Å²) in [4.78, 5) is 10.2. The van der Waals surface area contributed by atoms with Crippen molar-refractivity contribution in [1.29, 1.82) is 0 Å². The van der Waals surface area contributed by atoms with Crippen LogP contribution in [0.2, 0.25) is 0 Å². The van der Waals surface area contributed by atoms with Crippen molar-refractivity contribution >= 4 is 32.8 Å². The third-order valence-corrected chi connectivity index (χ3v) is 11.0. The minimum absolute atomic E-state index is 0.0118. The van der Waals surface area contributed by atoms with Crippen molar-refractivity contribution < 1.29 is 9.30 Å². The van der Waals surface area contributed by atoms with E-state index < -0.39 is 0 Å². The van der Waals surface area contributed by atoms with Crippen LogP contribution in [0.4, 0.5) is 0 Å². The predicted molar refractivity (Wildman–Crippen MR) is 235 cm³/mol. The number of aromatic nitrogens is 5. The summed E-state index contributed by atoms with van der Waals surface area (Å²) >= 11 is 0. The molecule has 57 heavy (non-hydrogen) atoms. The van der Waals surface area contributed by atoms with E-state index in [0.717, 1.165) is 56.2 Å². The molecular weight excluding hydrogens is 699 g/mol. The Bertz CT molecular complexity index is 2780. The van der Waals surface area contributed by atoms with Gasteiger partial charge < -0.3 is 4.74 Å². The summed E-state index contributed by atoms with van der Waals surface area (Å²) in [6.07, 6.45) is 5.65. The molecule has 0 fully saturated rings.